The molecule has 38 heavy (non-hydrogen) atoms. The predicted octanol–water partition coefficient (Wildman–Crippen LogP) is 6.48. The lowest BCUT2D eigenvalue weighted by Gasteiger charge is -2.26. The van der Waals surface area contributed by atoms with Crippen molar-refractivity contribution in [2.45, 2.75) is 26.0 Å². The Kier molecular flexibility index (Phi) is 7.90. The van der Waals surface area contributed by atoms with Crippen molar-refractivity contribution in [3.8, 4) is 11.5 Å². The van der Waals surface area contributed by atoms with Gasteiger partial charge in [0.05, 0.1) is 34.9 Å². The zero-order valence-corrected chi connectivity index (χ0v) is 23.2. The third-order valence-corrected chi connectivity index (χ3v) is 6.69. The Labute approximate surface area is 231 Å². The molecule has 1 aliphatic heterocycles. The molecule has 0 radical (unpaired) electrons. The number of hydrogen-bond acceptors (Lipinski definition) is 6. The van der Waals surface area contributed by atoms with E-state index in [2.05, 4.69) is 0 Å². The van der Waals surface area contributed by atoms with Gasteiger partial charge in [-0.25, -0.2) is 0 Å². The van der Waals surface area contributed by atoms with Gasteiger partial charge in [-0.15, -0.1) is 0 Å². The fraction of sp³-hybridized carbons (Fsp3) is 0.241. The molecule has 4 rings (SSSR count). The van der Waals surface area contributed by atoms with Crippen LogP contribution in [0.2, 0.25) is 10.0 Å². The molecule has 3 aromatic rings. The highest BCUT2D eigenvalue weighted by Gasteiger charge is 2.47. The highest BCUT2D eigenvalue weighted by atomic mass is 35.5. The highest BCUT2D eigenvalue weighted by Crippen LogP contribution is 2.44. The number of Topliss-reactive ketones (excluding diaryl/α,β-unsaturated/α-hetero) is 1. The van der Waals surface area contributed by atoms with Gasteiger partial charge in [-0.05, 0) is 67.9 Å². The van der Waals surface area contributed by atoms with Crippen LogP contribution in [0.4, 0.5) is 11.4 Å². The lowest BCUT2D eigenvalue weighted by Crippen LogP contribution is -2.29. The number of amides is 1. The fourth-order valence-corrected chi connectivity index (χ4v) is 5.01. The van der Waals surface area contributed by atoms with Gasteiger partial charge in [0.15, 0.2) is 5.75 Å². The molecule has 1 heterocycles. The summed E-state index contributed by atoms with van der Waals surface area (Å²) in [6.07, 6.45) is -0.0220. The summed E-state index contributed by atoms with van der Waals surface area (Å²) in [5.41, 5.74) is 2.16. The van der Waals surface area contributed by atoms with Crippen molar-refractivity contribution in [3.05, 3.63) is 87.4 Å². The number of methoxy groups -OCH3 is 1. The van der Waals surface area contributed by atoms with Crippen molar-refractivity contribution in [2.75, 3.05) is 31.0 Å². The lowest BCUT2D eigenvalue weighted by molar-refractivity contribution is -0.132. The number of anilines is 2. The lowest BCUT2D eigenvalue weighted by atomic mass is 9.95. The molecule has 0 spiro atoms. The van der Waals surface area contributed by atoms with Gasteiger partial charge in [-0.3, -0.25) is 14.5 Å². The molecule has 1 N–H and O–H groups in total. The third kappa shape index (κ3) is 5.17. The second-order valence-electron chi connectivity index (χ2n) is 9.29. The van der Waals surface area contributed by atoms with Crippen LogP contribution in [0.5, 0.6) is 11.5 Å². The first-order valence-electron chi connectivity index (χ1n) is 11.9. The quantitative estimate of drug-likeness (QED) is 0.204. The van der Waals surface area contributed by atoms with Crippen LogP contribution >= 0.6 is 23.2 Å². The highest BCUT2D eigenvalue weighted by molar-refractivity contribution is 6.51. The monoisotopic (exact) mass is 554 g/mol. The maximum Gasteiger partial charge on any atom is 0.300 e. The first-order chi connectivity index (χ1) is 18.0. The summed E-state index contributed by atoms with van der Waals surface area (Å²) in [6.45, 7) is 3.84. The maximum absolute atomic E-state index is 13.4. The van der Waals surface area contributed by atoms with Gasteiger partial charge in [0.2, 0.25) is 0 Å². The van der Waals surface area contributed by atoms with E-state index < -0.39 is 23.5 Å². The van der Waals surface area contributed by atoms with Gasteiger partial charge in [0.25, 0.3) is 11.7 Å². The average molecular weight is 555 g/mol. The summed E-state index contributed by atoms with van der Waals surface area (Å²) in [5, 5.41) is 11.7. The van der Waals surface area contributed by atoms with Crippen LogP contribution in [0, 0.1) is 0 Å². The molecule has 3 aromatic carbocycles. The molecule has 7 nitrogen and oxygen atoms in total. The van der Waals surface area contributed by atoms with Crippen molar-refractivity contribution in [1.29, 1.82) is 0 Å². The minimum atomic E-state index is -0.909. The number of carbonyl (C=O) groups is 2. The summed E-state index contributed by atoms with van der Waals surface area (Å²) < 4.78 is 11.0. The number of ether oxygens (including phenoxy) is 2. The molecule has 1 saturated heterocycles. The largest absolute Gasteiger partial charge is 0.507 e. The van der Waals surface area contributed by atoms with Crippen molar-refractivity contribution in [1.82, 2.24) is 0 Å². The Morgan fingerprint density at radius 1 is 0.974 bits per heavy atom. The van der Waals surface area contributed by atoms with Crippen LogP contribution in [0.15, 0.2) is 66.2 Å². The molecule has 1 unspecified atom stereocenters. The molecule has 0 bridgehead atoms. The van der Waals surface area contributed by atoms with Crippen molar-refractivity contribution >= 4 is 52.0 Å². The van der Waals surface area contributed by atoms with E-state index in [1.54, 1.807) is 36.4 Å². The number of halogens is 2. The van der Waals surface area contributed by atoms with Gasteiger partial charge in [-0.2, -0.15) is 0 Å². The van der Waals surface area contributed by atoms with Crippen LogP contribution < -0.4 is 19.3 Å². The molecule has 1 atom stereocenters. The molecule has 1 aliphatic rings. The zero-order valence-electron chi connectivity index (χ0n) is 21.7. The number of carbonyl (C=O) groups excluding carboxylic acids is 2. The number of aliphatic hydroxyl groups is 1. The standard InChI is InChI=1S/C29H28Cl2N2O5/c1-16(2)38-21-12-6-17(7-13-21)25-24(26(34)18-14-22(30)28(37-5)23(31)15-18)27(35)29(36)33(25)20-10-8-19(9-11-20)32(3)4/h6-16,25,34H,1-5H3/b26-24+. The number of aliphatic hydroxyl groups excluding tert-OH is 1. The third-order valence-electron chi connectivity index (χ3n) is 6.13. The number of ketones is 1. The SMILES string of the molecule is COc1c(Cl)cc(/C(O)=C2\C(=O)C(=O)N(c3ccc(N(C)C)cc3)C2c2ccc(OC(C)C)cc2)cc1Cl. The molecule has 198 valence electrons. The smallest absolute Gasteiger partial charge is 0.300 e. The van der Waals surface area contributed by atoms with Gasteiger partial charge < -0.3 is 19.5 Å². The number of benzene rings is 3. The van der Waals surface area contributed by atoms with E-state index in [0.29, 0.717) is 17.0 Å². The van der Waals surface area contributed by atoms with E-state index in [-0.39, 0.29) is 33.0 Å². The summed E-state index contributed by atoms with van der Waals surface area (Å²) in [5.74, 6) is -1.10. The first kappa shape index (κ1) is 27.4. The Morgan fingerprint density at radius 3 is 2.05 bits per heavy atom. The predicted molar refractivity (Wildman–Crippen MR) is 151 cm³/mol. The van der Waals surface area contributed by atoms with E-state index in [1.165, 1.54) is 24.1 Å². The van der Waals surface area contributed by atoms with Crippen LogP contribution in [0.3, 0.4) is 0 Å². The maximum atomic E-state index is 13.4. The first-order valence-corrected chi connectivity index (χ1v) is 12.7. The number of rotatable bonds is 7. The zero-order chi connectivity index (χ0) is 27.7. The van der Waals surface area contributed by atoms with Gasteiger partial charge >= 0.3 is 0 Å². The normalized spacial score (nSPS) is 16.7. The van der Waals surface area contributed by atoms with Crippen LogP contribution in [0.25, 0.3) is 5.76 Å². The Morgan fingerprint density at radius 2 is 1.55 bits per heavy atom. The minimum Gasteiger partial charge on any atom is -0.507 e. The van der Waals surface area contributed by atoms with E-state index in [0.717, 1.165) is 5.69 Å². The fourth-order valence-electron chi connectivity index (χ4n) is 4.37. The molecule has 0 aliphatic carbocycles. The second kappa shape index (κ2) is 11.0. The second-order valence-corrected chi connectivity index (χ2v) is 10.1. The Balaban J connectivity index is 1.90. The molecule has 0 saturated carbocycles. The van der Waals surface area contributed by atoms with Crippen LogP contribution in [-0.4, -0.2) is 44.1 Å². The van der Waals surface area contributed by atoms with Crippen molar-refractivity contribution in [2.24, 2.45) is 0 Å². The average Bonchev–Trinajstić information content (AvgIpc) is 3.13. The van der Waals surface area contributed by atoms with Gasteiger partial charge in [-0.1, -0.05) is 35.3 Å². The summed E-state index contributed by atoms with van der Waals surface area (Å²) in [7, 11) is 5.24. The molecule has 1 fully saturated rings. The number of nitrogens with zero attached hydrogens (tertiary/aromatic N) is 2. The number of hydrogen-bond donors (Lipinski definition) is 1. The van der Waals surface area contributed by atoms with E-state index in [1.807, 2.05) is 45.0 Å². The van der Waals surface area contributed by atoms with Gasteiger partial charge in [0, 0.05) is 31.0 Å². The minimum absolute atomic E-state index is 0.0220. The molecular formula is C29H28Cl2N2O5. The van der Waals surface area contributed by atoms with E-state index in [9.17, 15) is 14.7 Å². The van der Waals surface area contributed by atoms with Gasteiger partial charge in [0.1, 0.15) is 11.5 Å². The molecule has 1 amide bonds. The summed E-state index contributed by atoms with van der Waals surface area (Å²) in [6, 6.07) is 16.3. The Bertz CT molecular complexity index is 1380. The van der Waals surface area contributed by atoms with Crippen molar-refractivity contribution < 1.29 is 24.2 Å². The summed E-state index contributed by atoms with van der Waals surface area (Å²) >= 11 is 12.6. The Hall–Kier alpha value is -3.68. The molecule has 0 aromatic heterocycles. The molecular weight excluding hydrogens is 527 g/mol. The van der Waals surface area contributed by atoms with Crippen LogP contribution in [-0.2, 0) is 9.59 Å². The van der Waals surface area contributed by atoms with E-state index >= 15 is 0 Å². The molecule has 9 heteroatoms. The van der Waals surface area contributed by atoms with Crippen LogP contribution in [0.1, 0.15) is 31.0 Å². The summed E-state index contributed by atoms with van der Waals surface area (Å²) in [4.78, 5) is 30.2. The topological polar surface area (TPSA) is 79.3 Å². The van der Waals surface area contributed by atoms with E-state index in [4.69, 9.17) is 32.7 Å². The van der Waals surface area contributed by atoms with Crippen molar-refractivity contribution in [3.63, 3.8) is 0 Å².